The van der Waals surface area contributed by atoms with E-state index in [-0.39, 0.29) is 24.2 Å². The Hall–Kier alpha value is -1.59. The van der Waals surface area contributed by atoms with Gasteiger partial charge in [0.25, 0.3) is 0 Å². The Balaban J connectivity index is 0.00000288. The number of anilines is 1. The van der Waals surface area contributed by atoms with Crippen molar-refractivity contribution in [1.29, 1.82) is 0 Å². The molecule has 1 aromatic carbocycles. The first-order valence-corrected chi connectivity index (χ1v) is 8.48. The molecule has 0 bridgehead atoms. The molecule has 1 aliphatic rings. The van der Waals surface area contributed by atoms with Gasteiger partial charge >= 0.3 is 0 Å². The monoisotopic (exact) mass is 353 g/mol. The predicted molar refractivity (Wildman–Crippen MR) is 99.4 cm³/mol. The van der Waals surface area contributed by atoms with E-state index >= 15 is 0 Å². The van der Waals surface area contributed by atoms with Gasteiger partial charge in [-0.25, -0.2) is 0 Å². The van der Waals surface area contributed by atoms with Crippen LogP contribution in [0, 0.1) is 5.92 Å². The molecule has 0 heterocycles. The number of para-hydroxylation sites is 1. The fraction of sp³-hybridized carbons (Fsp3) is 0.556. The molecule has 2 N–H and O–H groups in total. The molecule has 1 fully saturated rings. The molecule has 1 saturated carbocycles. The van der Waals surface area contributed by atoms with Crippen LogP contribution in [0.1, 0.15) is 33.1 Å². The van der Waals surface area contributed by atoms with Crippen molar-refractivity contribution in [1.82, 2.24) is 10.2 Å². The van der Waals surface area contributed by atoms with E-state index in [1.807, 2.05) is 37.3 Å². The van der Waals surface area contributed by atoms with Crippen LogP contribution in [-0.4, -0.2) is 42.4 Å². The average molecular weight is 354 g/mol. The first kappa shape index (κ1) is 20.5. The van der Waals surface area contributed by atoms with E-state index in [1.165, 1.54) is 12.8 Å². The highest BCUT2D eigenvalue weighted by Gasteiger charge is 2.26. The summed E-state index contributed by atoms with van der Waals surface area (Å²) < 4.78 is 0. The topological polar surface area (TPSA) is 61.4 Å². The lowest BCUT2D eigenvalue weighted by Gasteiger charge is -2.28. The second kappa shape index (κ2) is 10.3. The van der Waals surface area contributed by atoms with Crippen LogP contribution < -0.4 is 10.6 Å². The van der Waals surface area contributed by atoms with Gasteiger partial charge in [-0.3, -0.25) is 9.59 Å². The quantitative estimate of drug-likeness (QED) is 0.717. The minimum atomic E-state index is -0.481. The third-order valence-electron chi connectivity index (χ3n) is 4.08. The van der Waals surface area contributed by atoms with Gasteiger partial charge in [0.1, 0.15) is 6.04 Å². The SMILES string of the molecule is CCCN(C(=O)CNCC1CC1)C(C)C(=O)Nc1ccccc1.Cl. The molecule has 134 valence electrons. The summed E-state index contributed by atoms with van der Waals surface area (Å²) in [5.74, 6) is 0.574. The van der Waals surface area contributed by atoms with Crippen LogP contribution in [0.4, 0.5) is 5.69 Å². The second-order valence-corrected chi connectivity index (χ2v) is 6.19. The van der Waals surface area contributed by atoms with E-state index in [1.54, 1.807) is 11.8 Å². The highest BCUT2D eigenvalue weighted by atomic mass is 35.5. The minimum Gasteiger partial charge on any atom is -0.330 e. The second-order valence-electron chi connectivity index (χ2n) is 6.19. The Morgan fingerprint density at radius 2 is 1.92 bits per heavy atom. The number of nitrogens with one attached hydrogen (secondary N) is 2. The summed E-state index contributed by atoms with van der Waals surface area (Å²) in [7, 11) is 0. The van der Waals surface area contributed by atoms with E-state index in [2.05, 4.69) is 10.6 Å². The van der Waals surface area contributed by atoms with Crippen molar-refractivity contribution in [2.75, 3.05) is 25.0 Å². The zero-order valence-corrected chi connectivity index (χ0v) is 15.3. The molecule has 0 spiro atoms. The largest absolute Gasteiger partial charge is 0.330 e. The fourth-order valence-corrected chi connectivity index (χ4v) is 2.49. The maximum Gasteiger partial charge on any atom is 0.246 e. The molecule has 2 rings (SSSR count). The maximum atomic E-state index is 12.4. The van der Waals surface area contributed by atoms with E-state index in [4.69, 9.17) is 0 Å². The Morgan fingerprint density at radius 1 is 1.25 bits per heavy atom. The fourth-order valence-electron chi connectivity index (χ4n) is 2.49. The third kappa shape index (κ3) is 6.49. The number of rotatable bonds is 9. The molecule has 1 unspecified atom stereocenters. The normalized spacial score (nSPS) is 14.4. The lowest BCUT2D eigenvalue weighted by atomic mass is 10.2. The molecule has 0 aliphatic heterocycles. The maximum absolute atomic E-state index is 12.4. The van der Waals surface area contributed by atoms with Gasteiger partial charge in [-0.15, -0.1) is 12.4 Å². The van der Waals surface area contributed by atoms with Gasteiger partial charge < -0.3 is 15.5 Å². The summed E-state index contributed by atoms with van der Waals surface area (Å²) in [5, 5.41) is 6.07. The molecule has 0 saturated heterocycles. The third-order valence-corrected chi connectivity index (χ3v) is 4.08. The van der Waals surface area contributed by atoms with Crippen LogP contribution >= 0.6 is 12.4 Å². The van der Waals surface area contributed by atoms with E-state index < -0.39 is 6.04 Å². The van der Waals surface area contributed by atoms with Crippen molar-refractivity contribution in [3.05, 3.63) is 30.3 Å². The predicted octanol–water partition coefficient (Wildman–Crippen LogP) is 2.67. The summed E-state index contributed by atoms with van der Waals surface area (Å²) in [6.45, 7) is 5.59. The van der Waals surface area contributed by atoms with Crippen molar-refractivity contribution in [2.45, 2.75) is 39.2 Å². The summed E-state index contributed by atoms with van der Waals surface area (Å²) >= 11 is 0. The van der Waals surface area contributed by atoms with Gasteiger partial charge in [0, 0.05) is 12.2 Å². The molecule has 1 aliphatic carbocycles. The average Bonchev–Trinajstić information content (AvgIpc) is 3.37. The van der Waals surface area contributed by atoms with Gasteiger partial charge in [-0.05, 0) is 50.8 Å². The number of benzene rings is 1. The van der Waals surface area contributed by atoms with Gasteiger partial charge in [0.05, 0.1) is 6.54 Å². The van der Waals surface area contributed by atoms with Crippen LogP contribution in [-0.2, 0) is 9.59 Å². The van der Waals surface area contributed by atoms with Gasteiger partial charge in [0.15, 0.2) is 0 Å². The molecular formula is C18H28ClN3O2. The van der Waals surface area contributed by atoms with Crippen LogP contribution in [0.5, 0.6) is 0 Å². The van der Waals surface area contributed by atoms with Crippen molar-refractivity contribution >= 4 is 29.9 Å². The van der Waals surface area contributed by atoms with Gasteiger partial charge in [-0.2, -0.15) is 0 Å². The van der Waals surface area contributed by atoms with E-state index in [0.29, 0.717) is 13.1 Å². The molecular weight excluding hydrogens is 326 g/mol. The number of carbonyl (C=O) groups is 2. The Labute approximate surface area is 150 Å². The molecule has 0 aromatic heterocycles. The standard InChI is InChI=1S/C18H27N3O2.ClH/c1-3-11-21(17(22)13-19-12-15-9-10-15)14(2)18(23)20-16-7-5-4-6-8-16;/h4-8,14-15,19H,3,9-13H2,1-2H3,(H,20,23);1H. The highest BCUT2D eigenvalue weighted by molar-refractivity contribution is 5.97. The van der Waals surface area contributed by atoms with E-state index in [9.17, 15) is 9.59 Å². The zero-order chi connectivity index (χ0) is 16.7. The number of halogens is 1. The van der Waals surface area contributed by atoms with Crippen LogP contribution in [0.15, 0.2) is 30.3 Å². The summed E-state index contributed by atoms with van der Waals surface area (Å²) in [5.41, 5.74) is 0.750. The Morgan fingerprint density at radius 3 is 2.50 bits per heavy atom. The highest BCUT2D eigenvalue weighted by Crippen LogP contribution is 2.27. The molecule has 5 nitrogen and oxygen atoms in total. The number of nitrogens with zero attached hydrogens (tertiary/aromatic N) is 1. The molecule has 2 amide bonds. The molecule has 6 heteroatoms. The van der Waals surface area contributed by atoms with Crippen LogP contribution in [0.3, 0.4) is 0 Å². The Kier molecular flexibility index (Phi) is 8.79. The van der Waals surface area contributed by atoms with Crippen molar-refractivity contribution in [3.63, 3.8) is 0 Å². The number of amides is 2. The first-order chi connectivity index (χ1) is 11.1. The van der Waals surface area contributed by atoms with Gasteiger partial charge in [0.2, 0.25) is 11.8 Å². The lowest BCUT2D eigenvalue weighted by molar-refractivity contribution is -0.137. The van der Waals surface area contributed by atoms with E-state index in [0.717, 1.165) is 24.6 Å². The molecule has 1 aromatic rings. The lowest BCUT2D eigenvalue weighted by Crippen LogP contribution is -2.49. The zero-order valence-electron chi connectivity index (χ0n) is 14.5. The smallest absolute Gasteiger partial charge is 0.246 e. The Bertz CT molecular complexity index is 520. The summed E-state index contributed by atoms with van der Waals surface area (Å²) in [6.07, 6.45) is 3.35. The van der Waals surface area contributed by atoms with Crippen LogP contribution in [0.25, 0.3) is 0 Å². The van der Waals surface area contributed by atoms with Crippen LogP contribution in [0.2, 0.25) is 0 Å². The number of hydrogen-bond donors (Lipinski definition) is 2. The summed E-state index contributed by atoms with van der Waals surface area (Å²) in [4.78, 5) is 26.5. The molecule has 1 atom stereocenters. The number of hydrogen-bond acceptors (Lipinski definition) is 3. The van der Waals surface area contributed by atoms with Crippen molar-refractivity contribution in [2.24, 2.45) is 5.92 Å². The van der Waals surface area contributed by atoms with Gasteiger partial charge in [-0.1, -0.05) is 25.1 Å². The first-order valence-electron chi connectivity index (χ1n) is 8.48. The van der Waals surface area contributed by atoms with Crippen molar-refractivity contribution < 1.29 is 9.59 Å². The molecule has 0 radical (unpaired) electrons. The molecule has 24 heavy (non-hydrogen) atoms. The van der Waals surface area contributed by atoms with Crippen molar-refractivity contribution in [3.8, 4) is 0 Å². The summed E-state index contributed by atoms with van der Waals surface area (Å²) in [6, 6.07) is 8.85. The number of carbonyl (C=O) groups excluding carboxylic acids is 2. The minimum absolute atomic E-state index is 0.